The molecule has 0 saturated carbocycles. The molecule has 6 atom stereocenters. The Bertz CT molecular complexity index is 1120. The molecule has 1 amide bonds. The maximum atomic E-state index is 13.3. The maximum absolute atomic E-state index is 13.3. The molecule has 2 rings (SSSR count). The van der Waals surface area contributed by atoms with Gasteiger partial charge >= 0.3 is 30.0 Å². The average Bonchev–Trinajstić information content (AvgIpc) is 2.89. The summed E-state index contributed by atoms with van der Waals surface area (Å²) in [6.07, 6.45) is -8.03. The van der Waals surface area contributed by atoms with Gasteiger partial charge in [0.05, 0.1) is 13.2 Å². The molecule has 1 aromatic carbocycles. The van der Waals surface area contributed by atoms with E-state index in [4.69, 9.17) is 63.2 Å². The Morgan fingerprint density at radius 1 is 1.07 bits per heavy atom. The van der Waals surface area contributed by atoms with Crippen LogP contribution in [-0.4, -0.2) is 94.6 Å². The number of aliphatic hydroxyl groups is 1. The Morgan fingerprint density at radius 2 is 1.71 bits per heavy atom. The van der Waals surface area contributed by atoms with Crippen molar-refractivity contribution in [3.8, 4) is 0 Å². The highest BCUT2D eigenvalue weighted by atomic mass is 35.6. The molecule has 0 radical (unpaired) electrons. The van der Waals surface area contributed by atoms with E-state index < -0.39 is 88.8 Å². The molecule has 234 valence electrons. The highest BCUT2D eigenvalue weighted by molar-refractivity contribution is 8.01. The summed E-state index contributed by atoms with van der Waals surface area (Å²) in [6, 6.07) is 7.05. The van der Waals surface area contributed by atoms with Crippen molar-refractivity contribution >= 4 is 76.5 Å². The molecule has 13 nitrogen and oxygen atoms in total. The van der Waals surface area contributed by atoms with Gasteiger partial charge in [0.1, 0.15) is 31.5 Å². The molecular formula is C25H30Cl3NO12S. The van der Waals surface area contributed by atoms with Crippen LogP contribution in [0.3, 0.4) is 0 Å². The Hall–Kier alpha value is -2.49. The average molecular weight is 675 g/mol. The Morgan fingerprint density at radius 3 is 2.24 bits per heavy atom. The van der Waals surface area contributed by atoms with E-state index in [1.807, 2.05) is 0 Å². The van der Waals surface area contributed by atoms with Crippen molar-refractivity contribution in [3.05, 3.63) is 30.3 Å². The fourth-order valence-corrected chi connectivity index (χ4v) is 5.38. The summed E-state index contributed by atoms with van der Waals surface area (Å²) in [6.45, 7) is 1.85. The fraction of sp³-hybridized carbons (Fsp3) is 0.560. The number of thioether (sulfide) groups is 1. The fourth-order valence-electron chi connectivity index (χ4n) is 3.97. The number of carbonyl (C=O) groups is 5. The van der Waals surface area contributed by atoms with Crippen molar-refractivity contribution < 1.29 is 57.5 Å². The van der Waals surface area contributed by atoms with Crippen LogP contribution >= 0.6 is 46.6 Å². The molecule has 1 aliphatic heterocycles. The van der Waals surface area contributed by atoms with Gasteiger partial charge in [0.25, 0.3) is 0 Å². The lowest BCUT2D eigenvalue weighted by Gasteiger charge is -2.48. The zero-order chi connectivity index (χ0) is 31.7. The summed E-state index contributed by atoms with van der Waals surface area (Å²) in [5.41, 5.74) is 0. The minimum Gasteiger partial charge on any atom is -0.466 e. The van der Waals surface area contributed by atoms with Crippen LogP contribution in [0.1, 0.15) is 27.2 Å². The molecule has 1 aliphatic rings. The monoisotopic (exact) mass is 673 g/mol. The number of alkyl halides is 3. The van der Waals surface area contributed by atoms with Gasteiger partial charge in [-0.2, -0.15) is 0 Å². The number of ether oxygens (including phenoxy) is 6. The van der Waals surface area contributed by atoms with Crippen molar-refractivity contribution in [3.63, 3.8) is 0 Å². The highest BCUT2D eigenvalue weighted by Gasteiger charge is 2.58. The summed E-state index contributed by atoms with van der Waals surface area (Å²) < 4.78 is 30.0. The van der Waals surface area contributed by atoms with E-state index in [1.165, 1.54) is 0 Å². The van der Waals surface area contributed by atoms with Crippen LogP contribution in [0.2, 0.25) is 0 Å². The summed E-state index contributed by atoms with van der Waals surface area (Å²) in [7, 11) is 1.10. The van der Waals surface area contributed by atoms with Crippen molar-refractivity contribution in [2.24, 2.45) is 0 Å². The van der Waals surface area contributed by atoms with Crippen molar-refractivity contribution in [1.82, 2.24) is 5.32 Å². The van der Waals surface area contributed by atoms with E-state index in [9.17, 15) is 29.1 Å². The number of aliphatic hydroxyl groups excluding tert-OH is 1. The highest BCUT2D eigenvalue weighted by Crippen LogP contribution is 2.45. The van der Waals surface area contributed by atoms with Crippen LogP contribution in [0.5, 0.6) is 0 Å². The first-order valence-electron chi connectivity index (χ1n) is 12.2. The van der Waals surface area contributed by atoms with Crippen molar-refractivity contribution in [2.45, 2.75) is 71.3 Å². The number of rotatable bonds is 11. The van der Waals surface area contributed by atoms with E-state index in [0.29, 0.717) is 4.90 Å². The van der Waals surface area contributed by atoms with Gasteiger partial charge in [-0.05, 0) is 12.1 Å². The van der Waals surface area contributed by atoms with Gasteiger partial charge in [0.2, 0.25) is 8.73 Å². The Balaban J connectivity index is 2.67. The maximum Gasteiger partial charge on any atom is 0.407 e. The lowest BCUT2D eigenvalue weighted by molar-refractivity contribution is -0.219. The molecule has 1 heterocycles. The minimum atomic E-state index is -1.97. The lowest BCUT2D eigenvalue weighted by atomic mass is 9.89. The molecule has 0 unspecified atom stereocenters. The molecule has 2 N–H and O–H groups in total. The number of carbonyl (C=O) groups excluding carboxylic acids is 5. The number of alkyl carbamates (subject to hydrolysis) is 1. The van der Waals surface area contributed by atoms with E-state index in [2.05, 4.69) is 5.32 Å². The van der Waals surface area contributed by atoms with Gasteiger partial charge in [0.15, 0.2) is 6.10 Å². The van der Waals surface area contributed by atoms with Crippen LogP contribution in [0, 0.1) is 0 Å². The summed E-state index contributed by atoms with van der Waals surface area (Å²) in [5.74, 6) is -3.40. The lowest BCUT2D eigenvalue weighted by Crippen LogP contribution is -2.68. The van der Waals surface area contributed by atoms with E-state index in [-0.39, 0.29) is 0 Å². The first-order chi connectivity index (χ1) is 19.6. The van der Waals surface area contributed by atoms with Gasteiger partial charge in [-0.1, -0.05) is 64.8 Å². The normalized spacial score (nSPS) is 23.5. The molecule has 1 saturated heterocycles. The van der Waals surface area contributed by atoms with Crippen molar-refractivity contribution in [1.29, 1.82) is 0 Å². The SMILES string of the molecule is COC(=O)[C@]1(Sc2ccccc2)C[C@H](OC(C)=O)[C@@H](NC(=O)OCC(Cl)(Cl)Cl)[C@H]([C@H](OC(C)=O)[C@H](O)COC(C)=O)O1. The zero-order valence-corrected chi connectivity index (χ0v) is 26.0. The van der Waals surface area contributed by atoms with Crippen LogP contribution in [-0.2, 0) is 47.6 Å². The minimum absolute atomic E-state index is 0.391. The summed E-state index contributed by atoms with van der Waals surface area (Å²) in [4.78, 5) is 60.4. The van der Waals surface area contributed by atoms with Gasteiger partial charge < -0.3 is 38.8 Å². The number of hydrogen-bond donors (Lipinski definition) is 2. The molecule has 0 spiro atoms. The summed E-state index contributed by atoms with van der Waals surface area (Å²) in [5, 5.41) is 13.4. The quantitative estimate of drug-likeness (QED) is 0.200. The molecule has 0 aromatic heterocycles. The third-order valence-corrected chi connectivity index (χ3v) is 7.10. The standard InChI is InChI=1S/C25H30Cl3NO12S/c1-13(30)37-11-17(33)20(40-15(3)32)21-19(29-23(35)38-12-25(26,27)28)18(39-14(2)31)10-24(41-21,22(34)36-4)42-16-8-6-5-7-9-16/h5-9,17-21,33H,10-12H2,1-4H3,(H,29,35)/t17-,18+,19-,20-,21-,24-/m1/s1. The zero-order valence-electron chi connectivity index (χ0n) is 22.9. The number of amides is 1. The van der Waals surface area contributed by atoms with Crippen LogP contribution in [0.4, 0.5) is 4.79 Å². The molecule has 1 aromatic rings. The first kappa shape index (κ1) is 35.7. The molecular weight excluding hydrogens is 645 g/mol. The van der Waals surface area contributed by atoms with Crippen LogP contribution in [0.15, 0.2) is 35.2 Å². The second kappa shape index (κ2) is 15.8. The molecule has 0 aliphatic carbocycles. The molecule has 0 bridgehead atoms. The predicted molar refractivity (Wildman–Crippen MR) is 149 cm³/mol. The Labute approximate surface area is 260 Å². The first-order valence-corrected chi connectivity index (χ1v) is 14.2. The largest absolute Gasteiger partial charge is 0.466 e. The Kier molecular flexibility index (Phi) is 13.5. The number of nitrogens with one attached hydrogen (secondary N) is 1. The number of benzene rings is 1. The van der Waals surface area contributed by atoms with Gasteiger partial charge in [-0.3, -0.25) is 14.4 Å². The van der Waals surface area contributed by atoms with Gasteiger partial charge in [-0.25, -0.2) is 9.59 Å². The van der Waals surface area contributed by atoms with E-state index >= 15 is 0 Å². The number of halogens is 3. The predicted octanol–water partition coefficient (Wildman–Crippen LogP) is 2.69. The second-order valence-corrected chi connectivity index (χ2v) is 12.8. The van der Waals surface area contributed by atoms with Gasteiger partial charge in [0, 0.05) is 32.1 Å². The summed E-state index contributed by atoms with van der Waals surface area (Å²) >= 11 is 17.9. The number of esters is 4. The van der Waals surface area contributed by atoms with Crippen LogP contribution in [0.25, 0.3) is 0 Å². The van der Waals surface area contributed by atoms with Gasteiger partial charge in [-0.15, -0.1) is 0 Å². The number of hydrogen-bond acceptors (Lipinski definition) is 13. The molecule has 17 heteroatoms. The van der Waals surface area contributed by atoms with Crippen molar-refractivity contribution in [2.75, 3.05) is 20.3 Å². The third kappa shape index (κ3) is 11.0. The topological polar surface area (TPSA) is 173 Å². The number of methoxy groups -OCH3 is 1. The molecule has 1 fully saturated rings. The smallest absolute Gasteiger partial charge is 0.407 e. The molecule has 42 heavy (non-hydrogen) atoms. The van der Waals surface area contributed by atoms with E-state index in [1.54, 1.807) is 30.3 Å². The second-order valence-electron chi connectivity index (χ2n) is 8.90. The third-order valence-electron chi connectivity index (χ3n) is 5.50. The van der Waals surface area contributed by atoms with E-state index in [0.717, 1.165) is 39.6 Å². The van der Waals surface area contributed by atoms with Crippen LogP contribution < -0.4 is 5.32 Å².